The number of hydrogen-bond donors (Lipinski definition) is 2. The molecule has 3 nitrogen and oxygen atoms in total. The maximum Gasteiger partial charge on any atom is 0.223 e. The summed E-state index contributed by atoms with van der Waals surface area (Å²) in [5.41, 5.74) is 1.11. The van der Waals surface area contributed by atoms with Crippen LogP contribution in [0.5, 0.6) is 0 Å². The van der Waals surface area contributed by atoms with Crippen molar-refractivity contribution in [1.29, 1.82) is 10.8 Å². The third-order valence-electron chi connectivity index (χ3n) is 1.69. The Labute approximate surface area is 73.9 Å². The molecule has 0 aliphatic carbocycles. The summed E-state index contributed by atoms with van der Waals surface area (Å²) in [6.07, 6.45) is 0. The molecule has 0 spiro atoms. The lowest BCUT2D eigenvalue weighted by atomic mass is 10.1. The Bertz CT molecular complexity index is 387. The summed E-state index contributed by atoms with van der Waals surface area (Å²) in [4.78, 5) is 0. The predicted molar refractivity (Wildman–Crippen MR) is 46.2 cm³/mol. The highest BCUT2D eigenvalue weighted by molar-refractivity contribution is 6.36. The lowest BCUT2D eigenvalue weighted by molar-refractivity contribution is 0.553. The first-order chi connectivity index (χ1) is 5.70. The number of rotatable bonds is 0. The first-order valence-electron chi connectivity index (χ1n) is 3.34. The van der Waals surface area contributed by atoms with E-state index in [9.17, 15) is 0 Å². The first-order valence-corrected chi connectivity index (χ1v) is 3.72. The third kappa shape index (κ3) is 0.833. The van der Waals surface area contributed by atoms with Gasteiger partial charge in [-0.05, 0) is 12.1 Å². The van der Waals surface area contributed by atoms with Crippen LogP contribution in [-0.2, 0) is 4.74 Å². The molecule has 1 aliphatic rings. The van der Waals surface area contributed by atoms with E-state index in [2.05, 4.69) is 0 Å². The van der Waals surface area contributed by atoms with Crippen molar-refractivity contribution < 1.29 is 4.74 Å². The molecular formula is C8H5ClN2O. The second-order valence-corrected chi connectivity index (χ2v) is 2.83. The Morgan fingerprint density at radius 1 is 1.17 bits per heavy atom. The maximum atomic E-state index is 7.35. The fourth-order valence-corrected chi connectivity index (χ4v) is 1.41. The van der Waals surface area contributed by atoms with Crippen LogP contribution in [0, 0.1) is 10.8 Å². The van der Waals surface area contributed by atoms with Gasteiger partial charge in [-0.15, -0.1) is 0 Å². The Balaban J connectivity index is 2.75. The van der Waals surface area contributed by atoms with Crippen molar-refractivity contribution in [3.05, 3.63) is 34.3 Å². The fourth-order valence-electron chi connectivity index (χ4n) is 1.15. The SMILES string of the molecule is N=C1OC(=N)c2c(Cl)cccc21. The van der Waals surface area contributed by atoms with Gasteiger partial charge in [-0.25, -0.2) is 0 Å². The lowest BCUT2D eigenvalue weighted by Gasteiger charge is -1.95. The van der Waals surface area contributed by atoms with E-state index < -0.39 is 0 Å². The highest BCUT2D eigenvalue weighted by Crippen LogP contribution is 2.26. The summed E-state index contributed by atoms with van der Waals surface area (Å²) in [7, 11) is 0. The molecule has 0 aromatic heterocycles. The van der Waals surface area contributed by atoms with Crippen LogP contribution in [0.1, 0.15) is 11.1 Å². The van der Waals surface area contributed by atoms with Crippen molar-refractivity contribution in [3.8, 4) is 0 Å². The highest BCUT2D eigenvalue weighted by atomic mass is 35.5. The largest absolute Gasteiger partial charge is 0.421 e. The fraction of sp³-hybridized carbons (Fsp3) is 0. The monoisotopic (exact) mass is 180 g/mol. The number of halogens is 1. The zero-order valence-corrected chi connectivity index (χ0v) is 6.77. The highest BCUT2D eigenvalue weighted by Gasteiger charge is 2.25. The normalized spacial score (nSPS) is 14.4. The molecule has 0 bridgehead atoms. The molecule has 60 valence electrons. The molecule has 1 aromatic rings. The summed E-state index contributed by atoms with van der Waals surface area (Å²) >= 11 is 5.81. The molecule has 0 unspecified atom stereocenters. The van der Waals surface area contributed by atoms with Crippen LogP contribution in [-0.4, -0.2) is 11.8 Å². The van der Waals surface area contributed by atoms with Gasteiger partial charge in [-0.1, -0.05) is 17.7 Å². The van der Waals surface area contributed by atoms with E-state index in [1.807, 2.05) is 0 Å². The van der Waals surface area contributed by atoms with E-state index in [-0.39, 0.29) is 11.8 Å². The third-order valence-corrected chi connectivity index (χ3v) is 2.00. The molecular weight excluding hydrogens is 176 g/mol. The van der Waals surface area contributed by atoms with E-state index in [0.717, 1.165) is 0 Å². The lowest BCUT2D eigenvalue weighted by Crippen LogP contribution is -1.97. The number of benzene rings is 1. The standard InChI is InChI=1S/C8H5ClN2O/c9-5-3-1-2-4-6(5)8(11)12-7(4)10/h1-3,10-11H. The van der Waals surface area contributed by atoms with E-state index in [1.165, 1.54) is 0 Å². The Morgan fingerprint density at radius 3 is 2.58 bits per heavy atom. The molecule has 1 aromatic carbocycles. The van der Waals surface area contributed by atoms with E-state index in [0.29, 0.717) is 16.1 Å². The molecule has 1 aliphatic heterocycles. The van der Waals surface area contributed by atoms with Crippen molar-refractivity contribution >= 4 is 23.4 Å². The number of nitrogens with one attached hydrogen (secondary N) is 2. The van der Waals surface area contributed by atoms with Gasteiger partial charge in [0.2, 0.25) is 11.8 Å². The average molecular weight is 181 g/mol. The van der Waals surface area contributed by atoms with E-state index >= 15 is 0 Å². The van der Waals surface area contributed by atoms with Gasteiger partial charge in [0.1, 0.15) is 0 Å². The Hall–Kier alpha value is -1.35. The molecule has 0 fully saturated rings. The molecule has 12 heavy (non-hydrogen) atoms. The molecule has 0 radical (unpaired) electrons. The van der Waals surface area contributed by atoms with Crippen molar-refractivity contribution in [2.75, 3.05) is 0 Å². The van der Waals surface area contributed by atoms with Gasteiger partial charge in [0, 0.05) is 0 Å². The second-order valence-electron chi connectivity index (χ2n) is 2.42. The zero-order chi connectivity index (χ0) is 8.72. The molecule has 2 N–H and O–H groups in total. The van der Waals surface area contributed by atoms with Crippen molar-refractivity contribution in [2.45, 2.75) is 0 Å². The minimum absolute atomic E-state index is 0.00231. The van der Waals surface area contributed by atoms with Gasteiger partial charge in [0.25, 0.3) is 0 Å². The average Bonchev–Trinajstić information content (AvgIpc) is 2.29. The molecule has 1 heterocycles. The van der Waals surface area contributed by atoms with Gasteiger partial charge in [-0.3, -0.25) is 10.8 Å². The Morgan fingerprint density at radius 2 is 1.92 bits per heavy atom. The van der Waals surface area contributed by atoms with Crippen LogP contribution in [0.25, 0.3) is 0 Å². The van der Waals surface area contributed by atoms with Crippen LogP contribution in [0.4, 0.5) is 0 Å². The summed E-state index contributed by atoms with van der Waals surface area (Å²) in [6.45, 7) is 0. The smallest absolute Gasteiger partial charge is 0.223 e. The molecule has 4 heteroatoms. The summed E-state index contributed by atoms with van der Waals surface area (Å²) < 4.78 is 4.79. The van der Waals surface area contributed by atoms with Crippen LogP contribution in [0.15, 0.2) is 18.2 Å². The predicted octanol–water partition coefficient (Wildman–Crippen LogP) is 2.02. The summed E-state index contributed by atoms with van der Waals surface area (Å²) in [5.74, 6) is -0.0434. The zero-order valence-electron chi connectivity index (χ0n) is 6.02. The minimum atomic E-state index is -0.0411. The van der Waals surface area contributed by atoms with Crippen LogP contribution < -0.4 is 0 Å². The minimum Gasteiger partial charge on any atom is -0.421 e. The molecule has 0 atom stereocenters. The van der Waals surface area contributed by atoms with Gasteiger partial charge in [0.15, 0.2) is 0 Å². The van der Waals surface area contributed by atoms with Gasteiger partial charge >= 0.3 is 0 Å². The van der Waals surface area contributed by atoms with Crippen LogP contribution in [0.2, 0.25) is 5.02 Å². The maximum absolute atomic E-state index is 7.35. The van der Waals surface area contributed by atoms with Crippen molar-refractivity contribution in [1.82, 2.24) is 0 Å². The number of ether oxygens (including phenoxy) is 1. The number of hydrogen-bond acceptors (Lipinski definition) is 3. The van der Waals surface area contributed by atoms with Gasteiger partial charge in [-0.2, -0.15) is 0 Å². The van der Waals surface area contributed by atoms with E-state index in [4.69, 9.17) is 27.2 Å². The van der Waals surface area contributed by atoms with Gasteiger partial charge < -0.3 is 4.74 Å². The van der Waals surface area contributed by atoms with Crippen LogP contribution in [0.3, 0.4) is 0 Å². The van der Waals surface area contributed by atoms with E-state index in [1.54, 1.807) is 18.2 Å². The van der Waals surface area contributed by atoms with Crippen molar-refractivity contribution in [2.24, 2.45) is 0 Å². The molecule has 2 rings (SSSR count). The Kier molecular flexibility index (Phi) is 1.41. The second kappa shape index (κ2) is 2.32. The first kappa shape index (κ1) is 7.31. The number of fused-ring (bicyclic) bond motifs is 1. The topological polar surface area (TPSA) is 56.9 Å². The van der Waals surface area contributed by atoms with Crippen LogP contribution >= 0.6 is 11.6 Å². The van der Waals surface area contributed by atoms with Gasteiger partial charge in [0.05, 0.1) is 16.1 Å². The quantitative estimate of drug-likeness (QED) is 0.631. The molecule has 0 saturated heterocycles. The molecule has 0 saturated carbocycles. The summed E-state index contributed by atoms with van der Waals surface area (Å²) in [6, 6.07) is 5.12. The summed E-state index contributed by atoms with van der Waals surface area (Å²) in [5, 5.41) is 15.1. The molecule has 0 amide bonds. The van der Waals surface area contributed by atoms with Crippen molar-refractivity contribution in [3.63, 3.8) is 0 Å².